The van der Waals surface area contributed by atoms with Gasteiger partial charge < -0.3 is 14.8 Å². The van der Waals surface area contributed by atoms with Gasteiger partial charge in [-0.15, -0.1) is 0 Å². The number of amides is 1. The molecule has 1 aromatic heterocycles. The van der Waals surface area contributed by atoms with E-state index in [-0.39, 0.29) is 5.91 Å². The first-order valence-corrected chi connectivity index (χ1v) is 7.86. The number of aromatic nitrogens is 1. The van der Waals surface area contributed by atoms with E-state index in [2.05, 4.69) is 10.2 Å². The lowest BCUT2D eigenvalue weighted by atomic mass is 9.99. The van der Waals surface area contributed by atoms with Crippen molar-refractivity contribution >= 4 is 17.5 Å². The molecule has 0 radical (unpaired) electrons. The molecule has 1 amide bonds. The highest BCUT2D eigenvalue weighted by Gasteiger charge is 2.35. The molecule has 1 aromatic rings. The fourth-order valence-corrected chi connectivity index (χ4v) is 3.28. The minimum Gasteiger partial charge on any atom is -0.345 e. The van der Waals surface area contributed by atoms with Crippen molar-refractivity contribution in [2.45, 2.75) is 31.7 Å². The minimum absolute atomic E-state index is 0.132. The third-order valence-electron chi connectivity index (χ3n) is 4.29. The summed E-state index contributed by atoms with van der Waals surface area (Å²) in [5.74, 6) is 0.719. The Morgan fingerprint density at radius 3 is 2.85 bits per heavy atom. The molecule has 1 atom stereocenters. The lowest BCUT2D eigenvalue weighted by Crippen LogP contribution is -2.42. The Morgan fingerprint density at radius 2 is 2.30 bits per heavy atom. The molecule has 3 rings (SSSR count). The molecule has 2 aliphatic rings. The number of nitrogens with one attached hydrogen (secondary N) is 1. The van der Waals surface area contributed by atoms with Crippen molar-refractivity contribution < 1.29 is 4.79 Å². The Labute approximate surface area is 125 Å². The summed E-state index contributed by atoms with van der Waals surface area (Å²) >= 11 is 6.00. The van der Waals surface area contributed by atoms with Crippen molar-refractivity contribution in [1.82, 2.24) is 14.8 Å². The number of nitrogens with zero attached hydrogens (tertiary/aromatic N) is 2. The Hall–Kier alpha value is -1.00. The Kier molecular flexibility index (Phi) is 4.03. The standard InChI is InChI=1S/C15H22ClN3O/c1-18-10-12(16)7-14(18)15(20)19(13-4-5-13)9-11-3-2-6-17-8-11/h7,10-11,13,17H,2-6,8-9H2,1H3. The third kappa shape index (κ3) is 3.01. The number of halogens is 1. The topological polar surface area (TPSA) is 37.3 Å². The molecule has 0 bridgehead atoms. The summed E-state index contributed by atoms with van der Waals surface area (Å²) in [6, 6.07) is 2.22. The van der Waals surface area contributed by atoms with E-state index in [9.17, 15) is 4.79 Å². The fraction of sp³-hybridized carbons (Fsp3) is 0.667. The van der Waals surface area contributed by atoms with E-state index in [0.717, 1.165) is 32.5 Å². The van der Waals surface area contributed by atoms with Crippen LogP contribution in [0.15, 0.2) is 12.3 Å². The molecule has 1 aliphatic heterocycles. The van der Waals surface area contributed by atoms with Gasteiger partial charge in [-0.1, -0.05) is 11.6 Å². The van der Waals surface area contributed by atoms with Gasteiger partial charge in [0.15, 0.2) is 0 Å². The second-order valence-electron chi connectivity index (χ2n) is 6.06. The van der Waals surface area contributed by atoms with Crippen molar-refractivity contribution in [3.8, 4) is 0 Å². The van der Waals surface area contributed by atoms with E-state index in [4.69, 9.17) is 11.6 Å². The maximum Gasteiger partial charge on any atom is 0.270 e. The van der Waals surface area contributed by atoms with Gasteiger partial charge >= 0.3 is 0 Å². The van der Waals surface area contributed by atoms with E-state index in [1.807, 2.05) is 11.6 Å². The number of rotatable bonds is 4. The summed E-state index contributed by atoms with van der Waals surface area (Å²) in [6.45, 7) is 3.02. The first-order valence-electron chi connectivity index (χ1n) is 7.48. The first-order chi connectivity index (χ1) is 9.65. The molecule has 2 fully saturated rings. The van der Waals surface area contributed by atoms with E-state index >= 15 is 0 Å². The van der Waals surface area contributed by atoms with E-state index in [0.29, 0.717) is 22.7 Å². The highest BCUT2D eigenvalue weighted by atomic mass is 35.5. The lowest BCUT2D eigenvalue weighted by Gasteiger charge is -2.30. The van der Waals surface area contributed by atoms with E-state index < -0.39 is 0 Å². The Morgan fingerprint density at radius 1 is 1.50 bits per heavy atom. The third-order valence-corrected chi connectivity index (χ3v) is 4.50. The summed E-state index contributed by atoms with van der Waals surface area (Å²) in [7, 11) is 1.88. The highest BCUT2D eigenvalue weighted by molar-refractivity contribution is 6.31. The van der Waals surface area contributed by atoms with Crippen LogP contribution < -0.4 is 5.32 Å². The van der Waals surface area contributed by atoms with E-state index in [1.54, 1.807) is 12.3 Å². The summed E-state index contributed by atoms with van der Waals surface area (Å²) in [5, 5.41) is 4.06. The van der Waals surface area contributed by atoms with Crippen LogP contribution in [0.1, 0.15) is 36.2 Å². The number of carbonyl (C=O) groups is 1. The van der Waals surface area contributed by atoms with Gasteiger partial charge in [-0.3, -0.25) is 4.79 Å². The molecule has 1 N–H and O–H groups in total. The van der Waals surface area contributed by atoms with Crippen LogP contribution in [0.2, 0.25) is 5.02 Å². The second kappa shape index (κ2) is 5.78. The minimum atomic E-state index is 0.132. The smallest absolute Gasteiger partial charge is 0.270 e. The monoisotopic (exact) mass is 295 g/mol. The van der Waals surface area contributed by atoms with Crippen LogP contribution in [0.5, 0.6) is 0 Å². The molecule has 1 saturated heterocycles. The Bertz CT molecular complexity index is 489. The van der Waals surface area contributed by atoms with Crippen molar-refractivity contribution in [2.24, 2.45) is 13.0 Å². The average molecular weight is 296 g/mol. The van der Waals surface area contributed by atoms with Crippen LogP contribution in [-0.2, 0) is 7.05 Å². The quantitative estimate of drug-likeness (QED) is 0.925. The van der Waals surface area contributed by atoms with Crippen molar-refractivity contribution in [2.75, 3.05) is 19.6 Å². The maximum absolute atomic E-state index is 12.8. The van der Waals surface area contributed by atoms with Gasteiger partial charge in [0.1, 0.15) is 5.69 Å². The van der Waals surface area contributed by atoms with Gasteiger partial charge in [-0.25, -0.2) is 0 Å². The van der Waals surface area contributed by atoms with E-state index in [1.165, 1.54) is 12.8 Å². The van der Waals surface area contributed by atoms with Crippen LogP contribution in [0.3, 0.4) is 0 Å². The van der Waals surface area contributed by atoms with Gasteiger partial charge in [-0.05, 0) is 50.8 Å². The Balaban J connectivity index is 1.72. The van der Waals surface area contributed by atoms with Crippen LogP contribution in [-0.4, -0.2) is 41.1 Å². The van der Waals surface area contributed by atoms with Gasteiger partial charge in [0.2, 0.25) is 0 Å². The molecule has 0 spiro atoms. The van der Waals surface area contributed by atoms with Gasteiger partial charge in [0.05, 0.1) is 5.02 Å². The van der Waals surface area contributed by atoms with Crippen molar-refractivity contribution in [3.63, 3.8) is 0 Å². The summed E-state index contributed by atoms with van der Waals surface area (Å²) < 4.78 is 1.83. The zero-order valence-electron chi connectivity index (χ0n) is 11.9. The predicted molar refractivity (Wildman–Crippen MR) is 80.1 cm³/mol. The number of piperidine rings is 1. The molecule has 0 aromatic carbocycles. The molecular formula is C15H22ClN3O. The molecular weight excluding hydrogens is 274 g/mol. The zero-order valence-corrected chi connectivity index (χ0v) is 12.7. The van der Waals surface area contributed by atoms with Crippen LogP contribution in [0, 0.1) is 5.92 Å². The number of aryl methyl sites for hydroxylation is 1. The molecule has 4 nitrogen and oxygen atoms in total. The molecule has 1 saturated carbocycles. The summed E-state index contributed by atoms with van der Waals surface area (Å²) in [4.78, 5) is 14.8. The van der Waals surface area contributed by atoms with Crippen LogP contribution in [0.4, 0.5) is 0 Å². The molecule has 1 unspecified atom stereocenters. The molecule has 1 aliphatic carbocycles. The molecule has 20 heavy (non-hydrogen) atoms. The molecule has 110 valence electrons. The van der Waals surface area contributed by atoms with Crippen molar-refractivity contribution in [3.05, 3.63) is 23.0 Å². The largest absolute Gasteiger partial charge is 0.345 e. The highest BCUT2D eigenvalue weighted by Crippen LogP contribution is 2.30. The van der Waals surface area contributed by atoms with Crippen LogP contribution in [0.25, 0.3) is 0 Å². The summed E-state index contributed by atoms with van der Waals surface area (Å²) in [6.07, 6.45) is 6.51. The molecule has 5 heteroatoms. The SMILES string of the molecule is Cn1cc(Cl)cc1C(=O)N(CC1CCCNC1)C1CC1. The predicted octanol–water partition coefficient (Wildman–Crippen LogP) is 2.28. The van der Waals surface area contributed by atoms with Gasteiger partial charge in [0, 0.05) is 25.8 Å². The summed E-state index contributed by atoms with van der Waals surface area (Å²) in [5.41, 5.74) is 0.700. The van der Waals surface area contributed by atoms with Crippen molar-refractivity contribution in [1.29, 1.82) is 0 Å². The first kappa shape index (κ1) is 14.0. The number of hydrogen-bond donors (Lipinski definition) is 1. The van der Waals surface area contributed by atoms with Gasteiger partial charge in [-0.2, -0.15) is 0 Å². The van der Waals surface area contributed by atoms with Crippen LogP contribution >= 0.6 is 11.6 Å². The molecule has 2 heterocycles. The maximum atomic E-state index is 12.8. The second-order valence-corrected chi connectivity index (χ2v) is 6.49. The van der Waals surface area contributed by atoms with Gasteiger partial charge in [0.25, 0.3) is 5.91 Å². The number of carbonyl (C=O) groups excluding carboxylic acids is 1. The normalized spacial score (nSPS) is 22.8. The fourth-order valence-electron chi connectivity index (χ4n) is 3.03. The lowest BCUT2D eigenvalue weighted by molar-refractivity contribution is 0.0694. The number of hydrogen-bond acceptors (Lipinski definition) is 2. The average Bonchev–Trinajstić information content (AvgIpc) is 3.22. The zero-order chi connectivity index (χ0) is 14.1.